The zero-order valence-corrected chi connectivity index (χ0v) is 18.7. The van der Waals surface area contributed by atoms with Gasteiger partial charge >= 0.3 is 0 Å². The number of carbonyl (C=O) groups excluding carboxylic acids is 1. The summed E-state index contributed by atoms with van der Waals surface area (Å²) in [4.78, 5) is 13.2. The van der Waals surface area contributed by atoms with Gasteiger partial charge in [0.1, 0.15) is 0 Å². The standard InChI is InChI=1S/C25H26ClN3O.H3N/c1-15(2)23-20(25(30)29-21-13-7-16-5-3-4-6-19(16)21)12-14-22(24(23)27)28-18-10-8-17(26)9-11-18;/h3-6,8-12,14-15,21,28H,7,13,27H2,1-2H3,(H,29,30);1H3/t21-;/m0./s1. The molecule has 6 heteroatoms. The number of aryl methyl sites for hydroxylation is 1. The zero-order valence-electron chi connectivity index (χ0n) is 17.9. The molecule has 0 unspecified atom stereocenters. The molecule has 0 aromatic heterocycles. The molecule has 162 valence electrons. The van der Waals surface area contributed by atoms with Crippen LogP contribution in [-0.2, 0) is 6.42 Å². The molecule has 0 bridgehead atoms. The highest BCUT2D eigenvalue weighted by Gasteiger charge is 2.26. The van der Waals surface area contributed by atoms with Gasteiger partial charge in [-0.15, -0.1) is 0 Å². The van der Waals surface area contributed by atoms with Gasteiger partial charge in [0.2, 0.25) is 0 Å². The van der Waals surface area contributed by atoms with E-state index in [-0.39, 0.29) is 24.0 Å². The second-order valence-electron chi connectivity index (χ2n) is 8.04. The summed E-state index contributed by atoms with van der Waals surface area (Å²) < 4.78 is 0. The first-order valence-electron chi connectivity index (χ1n) is 10.3. The van der Waals surface area contributed by atoms with Crippen LogP contribution in [0.4, 0.5) is 17.1 Å². The molecule has 1 aliphatic rings. The van der Waals surface area contributed by atoms with Crippen LogP contribution in [0.25, 0.3) is 0 Å². The summed E-state index contributed by atoms with van der Waals surface area (Å²) in [6.45, 7) is 4.11. The average molecular weight is 437 g/mol. The predicted octanol–water partition coefficient (Wildman–Crippen LogP) is 6.37. The van der Waals surface area contributed by atoms with Crippen molar-refractivity contribution in [2.24, 2.45) is 0 Å². The van der Waals surface area contributed by atoms with Crippen LogP contribution in [-0.4, -0.2) is 5.91 Å². The highest BCUT2D eigenvalue weighted by molar-refractivity contribution is 6.30. The Hall–Kier alpha value is -3.02. The van der Waals surface area contributed by atoms with E-state index in [1.807, 2.05) is 48.5 Å². The highest BCUT2D eigenvalue weighted by atomic mass is 35.5. The number of nitrogen functional groups attached to an aromatic ring is 1. The molecule has 1 atom stereocenters. The second kappa shape index (κ2) is 9.41. The predicted molar refractivity (Wildman–Crippen MR) is 130 cm³/mol. The zero-order chi connectivity index (χ0) is 21.3. The van der Waals surface area contributed by atoms with Gasteiger partial charge in [-0.2, -0.15) is 0 Å². The number of amides is 1. The Balaban J connectivity index is 0.00000272. The number of benzene rings is 3. The summed E-state index contributed by atoms with van der Waals surface area (Å²) in [6, 6.07) is 19.5. The maximum atomic E-state index is 13.2. The summed E-state index contributed by atoms with van der Waals surface area (Å²) in [5.74, 6) is 0.0266. The Bertz CT molecular complexity index is 1080. The van der Waals surface area contributed by atoms with Crippen molar-refractivity contribution in [3.8, 4) is 0 Å². The Morgan fingerprint density at radius 3 is 2.48 bits per heavy atom. The Morgan fingerprint density at radius 2 is 1.77 bits per heavy atom. The number of hydrogen-bond donors (Lipinski definition) is 4. The Kier molecular flexibility index (Phi) is 6.88. The lowest BCUT2D eigenvalue weighted by Crippen LogP contribution is -2.28. The van der Waals surface area contributed by atoms with Crippen LogP contribution >= 0.6 is 11.6 Å². The number of anilines is 3. The molecule has 3 aromatic rings. The fraction of sp³-hybridized carbons (Fsp3) is 0.240. The molecule has 1 aliphatic carbocycles. The topological polar surface area (TPSA) is 102 Å². The highest BCUT2D eigenvalue weighted by Crippen LogP contribution is 2.35. The van der Waals surface area contributed by atoms with E-state index >= 15 is 0 Å². The fourth-order valence-corrected chi connectivity index (χ4v) is 4.32. The van der Waals surface area contributed by atoms with Crippen LogP contribution in [0.3, 0.4) is 0 Å². The molecule has 0 fully saturated rings. The van der Waals surface area contributed by atoms with Gasteiger partial charge in [-0.25, -0.2) is 0 Å². The van der Waals surface area contributed by atoms with Gasteiger partial charge in [-0.1, -0.05) is 49.7 Å². The number of rotatable bonds is 5. The van der Waals surface area contributed by atoms with Crippen molar-refractivity contribution in [3.05, 3.63) is 87.9 Å². The lowest BCUT2D eigenvalue weighted by atomic mass is 9.93. The van der Waals surface area contributed by atoms with E-state index in [2.05, 4.69) is 36.6 Å². The molecule has 7 N–H and O–H groups in total. The van der Waals surface area contributed by atoms with E-state index in [9.17, 15) is 4.79 Å². The lowest BCUT2D eigenvalue weighted by Gasteiger charge is -2.21. The number of fused-ring (bicyclic) bond motifs is 1. The smallest absolute Gasteiger partial charge is 0.252 e. The third-order valence-electron chi connectivity index (χ3n) is 5.67. The molecule has 31 heavy (non-hydrogen) atoms. The van der Waals surface area contributed by atoms with Crippen LogP contribution in [0.1, 0.15) is 59.3 Å². The van der Waals surface area contributed by atoms with Crippen LogP contribution in [0.5, 0.6) is 0 Å². The minimum absolute atomic E-state index is 0. The summed E-state index contributed by atoms with van der Waals surface area (Å²) >= 11 is 5.97. The van der Waals surface area contributed by atoms with Gasteiger partial charge in [0, 0.05) is 16.3 Å². The monoisotopic (exact) mass is 436 g/mol. The lowest BCUT2D eigenvalue weighted by molar-refractivity contribution is 0.0935. The normalized spacial score (nSPS) is 14.6. The third-order valence-corrected chi connectivity index (χ3v) is 5.92. The largest absolute Gasteiger partial charge is 0.397 e. The summed E-state index contributed by atoms with van der Waals surface area (Å²) in [5.41, 5.74) is 12.8. The molecular weight excluding hydrogens is 408 g/mol. The van der Waals surface area contributed by atoms with E-state index in [1.54, 1.807) is 0 Å². The van der Waals surface area contributed by atoms with Crippen molar-refractivity contribution in [2.45, 2.75) is 38.6 Å². The first-order chi connectivity index (χ1) is 14.4. The first-order valence-corrected chi connectivity index (χ1v) is 10.7. The van der Waals surface area contributed by atoms with Crippen molar-refractivity contribution < 1.29 is 4.79 Å². The summed E-state index contributed by atoms with van der Waals surface area (Å²) in [6.07, 6.45) is 1.91. The van der Waals surface area contributed by atoms with E-state index in [1.165, 1.54) is 11.1 Å². The molecule has 1 amide bonds. The van der Waals surface area contributed by atoms with Crippen LogP contribution in [0.2, 0.25) is 5.02 Å². The van der Waals surface area contributed by atoms with E-state index in [0.717, 1.165) is 29.8 Å². The molecule has 0 spiro atoms. The SMILES string of the molecule is CC(C)c1c(C(=O)N[C@H]2CCc3ccccc32)ccc(Nc2ccc(Cl)cc2)c1N.N. The van der Waals surface area contributed by atoms with Crippen molar-refractivity contribution >= 4 is 34.6 Å². The molecule has 3 aromatic carbocycles. The molecule has 0 heterocycles. The molecule has 0 aliphatic heterocycles. The van der Waals surface area contributed by atoms with Gasteiger partial charge in [0.15, 0.2) is 0 Å². The van der Waals surface area contributed by atoms with E-state index in [0.29, 0.717) is 16.3 Å². The average Bonchev–Trinajstić information content (AvgIpc) is 3.13. The quantitative estimate of drug-likeness (QED) is 0.349. The molecular formula is C25H29ClN4O. The van der Waals surface area contributed by atoms with Crippen molar-refractivity contribution in [3.63, 3.8) is 0 Å². The summed E-state index contributed by atoms with van der Waals surface area (Å²) in [7, 11) is 0. The van der Waals surface area contributed by atoms with Crippen molar-refractivity contribution in [2.75, 3.05) is 11.1 Å². The van der Waals surface area contributed by atoms with Crippen molar-refractivity contribution in [1.29, 1.82) is 0 Å². The molecule has 0 saturated carbocycles. The van der Waals surface area contributed by atoms with Gasteiger partial charge in [-0.05, 0) is 71.8 Å². The van der Waals surface area contributed by atoms with Gasteiger partial charge < -0.3 is 22.5 Å². The summed E-state index contributed by atoms with van der Waals surface area (Å²) in [5, 5.41) is 7.23. The maximum Gasteiger partial charge on any atom is 0.252 e. The fourth-order valence-electron chi connectivity index (χ4n) is 4.20. The first kappa shape index (κ1) is 22.7. The molecule has 5 nitrogen and oxygen atoms in total. The van der Waals surface area contributed by atoms with Crippen LogP contribution in [0, 0.1) is 0 Å². The van der Waals surface area contributed by atoms with E-state index in [4.69, 9.17) is 17.3 Å². The number of halogens is 1. The number of nitrogens with one attached hydrogen (secondary N) is 2. The van der Waals surface area contributed by atoms with E-state index < -0.39 is 0 Å². The third kappa shape index (κ3) is 4.68. The minimum Gasteiger partial charge on any atom is -0.397 e. The van der Waals surface area contributed by atoms with Crippen molar-refractivity contribution in [1.82, 2.24) is 11.5 Å². The van der Waals surface area contributed by atoms with Gasteiger partial charge in [0.05, 0.1) is 17.4 Å². The second-order valence-corrected chi connectivity index (χ2v) is 8.47. The molecule has 4 rings (SSSR count). The van der Waals surface area contributed by atoms with Gasteiger partial charge in [0.25, 0.3) is 5.91 Å². The molecule has 0 radical (unpaired) electrons. The minimum atomic E-state index is -0.0786. The van der Waals surface area contributed by atoms with Crippen LogP contribution in [0.15, 0.2) is 60.7 Å². The molecule has 0 saturated heterocycles. The maximum absolute atomic E-state index is 13.2. The number of hydrogen-bond acceptors (Lipinski definition) is 4. The van der Waals surface area contributed by atoms with Crippen LogP contribution < -0.4 is 22.5 Å². The Morgan fingerprint density at radius 1 is 1.06 bits per heavy atom. The van der Waals surface area contributed by atoms with Gasteiger partial charge in [-0.3, -0.25) is 4.79 Å². The number of carbonyl (C=O) groups is 1. The Labute approximate surface area is 188 Å². The number of nitrogens with two attached hydrogens (primary N) is 1.